The summed E-state index contributed by atoms with van der Waals surface area (Å²) >= 11 is 0. The van der Waals surface area contributed by atoms with Gasteiger partial charge in [-0.1, -0.05) is 42.5 Å². The lowest BCUT2D eigenvalue weighted by atomic mass is 9.99. The van der Waals surface area contributed by atoms with Crippen LogP contribution in [0, 0.1) is 0 Å². The molecule has 0 aliphatic carbocycles. The summed E-state index contributed by atoms with van der Waals surface area (Å²) in [6, 6.07) is 18.8. The van der Waals surface area contributed by atoms with E-state index >= 15 is 0 Å². The van der Waals surface area contributed by atoms with Gasteiger partial charge in [0.2, 0.25) is 5.91 Å². The first-order valence-corrected chi connectivity index (χ1v) is 9.60. The lowest BCUT2D eigenvalue weighted by Gasteiger charge is -2.24. The SMILES string of the molecule is COc1ccc([C@H]2C=C(c3c(OC(C)=O)ccc4ccccc34)NN2C(C)=O)cc1. The summed E-state index contributed by atoms with van der Waals surface area (Å²) in [6.07, 6.45) is 1.97. The molecule has 0 radical (unpaired) electrons. The number of hydrogen-bond donors (Lipinski definition) is 1. The van der Waals surface area contributed by atoms with Crippen molar-refractivity contribution in [3.05, 3.63) is 77.9 Å². The Hall–Kier alpha value is -3.80. The summed E-state index contributed by atoms with van der Waals surface area (Å²) in [5.41, 5.74) is 5.59. The molecule has 152 valence electrons. The molecule has 0 bridgehead atoms. The maximum atomic E-state index is 12.4. The molecule has 1 heterocycles. The van der Waals surface area contributed by atoms with Crippen molar-refractivity contribution in [2.75, 3.05) is 7.11 Å². The molecule has 1 atom stereocenters. The van der Waals surface area contributed by atoms with Crippen LogP contribution in [0.2, 0.25) is 0 Å². The van der Waals surface area contributed by atoms with E-state index < -0.39 is 5.97 Å². The Bertz CT molecular complexity index is 1150. The van der Waals surface area contributed by atoms with Gasteiger partial charge in [-0.15, -0.1) is 0 Å². The van der Waals surface area contributed by atoms with Crippen LogP contribution in [0.25, 0.3) is 16.5 Å². The third kappa shape index (κ3) is 3.59. The van der Waals surface area contributed by atoms with E-state index in [9.17, 15) is 9.59 Å². The number of carbonyl (C=O) groups is 2. The first kappa shape index (κ1) is 19.5. The van der Waals surface area contributed by atoms with Crippen molar-refractivity contribution in [2.45, 2.75) is 19.9 Å². The number of nitrogens with one attached hydrogen (secondary N) is 1. The zero-order valence-corrected chi connectivity index (χ0v) is 17.0. The van der Waals surface area contributed by atoms with Crippen LogP contribution in [0.15, 0.2) is 66.7 Å². The Morgan fingerprint density at radius 1 is 0.967 bits per heavy atom. The molecule has 1 aliphatic heterocycles. The molecule has 1 amide bonds. The van der Waals surface area contributed by atoms with Gasteiger partial charge >= 0.3 is 5.97 Å². The summed E-state index contributed by atoms with van der Waals surface area (Å²) in [5.74, 6) is 0.657. The number of fused-ring (bicyclic) bond motifs is 1. The van der Waals surface area contributed by atoms with E-state index in [0.29, 0.717) is 11.4 Å². The van der Waals surface area contributed by atoms with Crippen molar-refractivity contribution in [1.29, 1.82) is 0 Å². The van der Waals surface area contributed by atoms with Crippen LogP contribution in [0.1, 0.15) is 31.0 Å². The minimum absolute atomic E-state index is 0.128. The number of rotatable bonds is 4. The van der Waals surface area contributed by atoms with Gasteiger partial charge in [0.15, 0.2) is 0 Å². The zero-order chi connectivity index (χ0) is 21.3. The van der Waals surface area contributed by atoms with Crippen LogP contribution in [-0.2, 0) is 9.59 Å². The molecular formula is C24H22N2O4. The fourth-order valence-corrected chi connectivity index (χ4v) is 3.70. The van der Waals surface area contributed by atoms with Gasteiger partial charge in [-0.2, -0.15) is 0 Å². The third-order valence-electron chi connectivity index (χ3n) is 5.05. The van der Waals surface area contributed by atoms with E-state index in [1.807, 2.05) is 60.7 Å². The molecule has 0 unspecified atom stereocenters. The number of ether oxygens (including phenoxy) is 2. The van der Waals surface area contributed by atoms with Crippen LogP contribution >= 0.6 is 0 Å². The highest BCUT2D eigenvalue weighted by molar-refractivity contribution is 5.98. The van der Waals surface area contributed by atoms with Crippen molar-refractivity contribution < 1.29 is 19.1 Å². The van der Waals surface area contributed by atoms with Gasteiger partial charge < -0.3 is 9.47 Å². The highest BCUT2D eigenvalue weighted by Gasteiger charge is 2.31. The normalized spacial score (nSPS) is 15.5. The molecule has 0 fully saturated rings. The topological polar surface area (TPSA) is 67.9 Å². The van der Waals surface area contributed by atoms with Crippen molar-refractivity contribution in [3.8, 4) is 11.5 Å². The summed E-state index contributed by atoms with van der Waals surface area (Å²) in [4.78, 5) is 24.1. The van der Waals surface area contributed by atoms with Crippen LogP contribution in [0.5, 0.6) is 11.5 Å². The fraction of sp³-hybridized carbons (Fsp3) is 0.167. The van der Waals surface area contributed by atoms with Crippen molar-refractivity contribution >= 4 is 28.3 Å². The van der Waals surface area contributed by atoms with E-state index in [1.165, 1.54) is 13.8 Å². The predicted octanol–water partition coefficient (Wildman–Crippen LogP) is 4.22. The van der Waals surface area contributed by atoms with Crippen LogP contribution in [0.4, 0.5) is 0 Å². The predicted molar refractivity (Wildman–Crippen MR) is 115 cm³/mol. The minimum Gasteiger partial charge on any atom is -0.497 e. The number of hydrazine groups is 1. The second-order valence-corrected chi connectivity index (χ2v) is 7.05. The maximum Gasteiger partial charge on any atom is 0.308 e. The van der Waals surface area contributed by atoms with Gasteiger partial charge in [0.25, 0.3) is 0 Å². The molecule has 0 aromatic heterocycles. The van der Waals surface area contributed by atoms with E-state index in [-0.39, 0.29) is 11.9 Å². The number of benzene rings is 3. The van der Waals surface area contributed by atoms with E-state index in [4.69, 9.17) is 9.47 Å². The fourth-order valence-electron chi connectivity index (χ4n) is 3.70. The number of hydrogen-bond acceptors (Lipinski definition) is 5. The highest BCUT2D eigenvalue weighted by atomic mass is 16.5. The van der Waals surface area contributed by atoms with E-state index in [0.717, 1.165) is 27.6 Å². The summed E-state index contributed by atoms with van der Waals surface area (Å²) < 4.78 is 10.7. The van der Waals surface area contributed by atoms with Crippen LogP contribution in [-0.4, -0.2) is 24.0 Å². The van der Waals surface area contributed by atoms with Gasteiger partial charge in [-0.3, -0.25) is 15.0 Å². The molecule has 3 aromatic carbocycles. The Morgan fingerprint density at radius 3 is 2.37 bits per heavy atom. The second-order valence-electron chi connectivity index (χ2n) is 7.05. The number of amides is 1. The molecule has 0 saturated heterocycles. The lowest BCUT2D eigenvalue weighted by Crippen LogP contribution is -2.37. The Labute approximate surface area is 174 Å². The monoisotopic (exact) mass is 402 g/mol. The van der Waals surface area contributed by atoms with Gasteiger partial charge in [-0.05, 0) is 40.6 Å². The Morgan fingerprint density at radius 2 is 1.70 bits per heavy atom. The summed E-state index contributed by atoms with van der Waals surface area (Å²) in [5, 5.41) is 3.50. The number of esters is 1. The molecule has 1 N–H and O–H groups in total. The van der Waals surface area contributed by atoms with Gasteiger partial charge in [0.1, 0.15) is 11.5 Å². The molecule has 6 heteroatoms. The first-order chi connectivity index (χ1) is 14.5. The molecule has 3 aromatic rings. The largest absolute Gasteiger partial charge is 0.497 e. The van der Waals surface area contributed by atoms with Crippen molar-refractivity contribution in [2.24, 2.45) is 0 Å². The van der Waals surface area contributed by atoms with Crippen LogP contribution < -0.4 is 14.9 Å². The van der Waals surface area contributed by atoms with E-state index in [2.05, 4.69) is 5.43 Å². The summed E-state index contributed by atoms with van der Waals surface area (Å²) in [7, 11) is 1.61. The van der Waals surface area contributed by atoms with Gasteiger partial charge in [-0.25, -0.2) is 5.01 Å². The maximum absolute atomic E-state index is 12.4. The Balaban J connectivity index is 1.85. The average Bonchev–Trinajstić information content (AvgIpc) is 3.18. The standard InChI is InChI=1S/C24H22N2O4/c1-15(27)26-22(18-8-11-19(29-3)12-9-18)14-21(25-26)24-20-7-5-4-6-17(20)10-13-23(24)30-16(2)28/h4-14,22,25H,1-3H3/t22-/m1/s1. The first-order valence-electron chi connectivity index (χ1n) is 9.60. The number of carbonyl (C=O) groups excluding carboxylic acids is 2. The summed E-state index contributed by atoms with van der Waals surface area (Å²) in [6.45, 7) is 2.88. The quantitative estimate of drug-likeness (QED) is 0.523. The number of methoxy groups -OCH3 is 1. The molecular weight excluding hydrogens is 380 g/mol. The molecule has 0 saturated carbocycles. The molecule has 6 nitrogen and oxygen atoms in total. The van der Waals surface area contributed by atoms with Crippen LogP contribution in [0.3, 0.4) is 0 Å². The van der Waals surface area contributed by atoms with Crippen molar-refractivity contribution in [1.82, 2.24) is 10.4 Å². The van der Waals surface area contributed by atoms with Gasteiger partial charge in [0.05, 0.1) is 18.8 Å². The zero-order valence-electron chi connectivity index (χ0n) is 17.0. The third-order valence-corrected chi connectivity index (χ3v) is 5.05. The average molecular weight is 402 g/mol. The highest BCUT2D eigenvalue weighted by Crippen LogP contribution is 2.39. The molecule has 1 aliphatic rings. The molecule has 0 spiro atoms. The van der Waals surface area contributed by atoms with Crippen molar-refractivity contribution in [3.63, 3.8) is 0 Å². The molecule has 4 rings (SSSR count). The smallest absolute Gasteiger partial charge is 0.308 e. The molecule has 30 heavy (non-hydrogen) atoms. The van der Waals surface area contributed by atoms with Gasteiger partial charge in [0, 0.05) is 19.4 Å². The minimum atomic E-state index is -0.403. The Kier molecular flexibility index (Phi) is 5.14. The second kappa shape index (κ2) is 7.91. The van der Waals surface area contributed by atoms with E-state index in [1.54, 1.807) is 18.2 Å². The number of nitrogens with zero attached hydrogens (tertiary/aromatic N) is 1. The lowest BCUT2D eigenvalue weighted by molar-refractivity contribution is -0.133.